The number of rotatable bonds is 3. The first-order chi connectivity index (χ1) is 13.0. The zero-order chi connectivity index (χ0) is 21.1. The van der Waals surface area contributed by atoms with Crippen LogP contribution in [0.1, 0.15) is 22.0 Å². The number of halogens is 4. The zero-order valence-electron chi connectivity index (χ0n) is 14.6. The van der Waals surface area contributed by atoms with E-state index in [0.717, 1.165) is 4.90 Å². The van der Waals surface area contributed by atoms with E-state index in [1.165, 1.54) is 24.3 Å². The van der Waals surface area contributed by atoms with Crippen molar-refractivity contribution in [3.05, 3.63) is 69.8 Å². The van der Waals surface area contributed by atoms with Gasteiger partial charge in [-0.15, -0.1) is 0 Å². The topological polar surface area (TPSA) is 80.4 Å². The molecule has 11 heteroatoms. The molecule has 2 aromatic rings. The normalized spacial score (nSPS) is 19.9. The SMILES string of the molecule is C[S+]1CC(C(O)c2ccc([N+](=O)[O-])cc2)C(=O)c2ccccc21.F[B-](F)(F)F. The monoisotopic (exact) mass is 417 g/mol. The van der Waals surface area contributed by atoms with E-state index in [9.17, 15) is 37.3 Å². The lowest BCUT2D eigenvalue weighted by molar-refractivity contribution is -0.384. The third-order valence-electron chi connectivity index (χ3n) is 4.12. The number of fused-ring (bicyclic) bond motifs is 1. The lowest BCUT2D eigenvalue weighted by Crippen LogP contribution is -2.35. The van der Waals surface area contributed by atoms with Crippen LogP contribution in [-0.4, -0.2) is 35.1 Å². The molecule has 3 unspecified atom stereocenters. The first-order valence-corrected chi connectivity index (χ1v) is 9.84. The average molecular weight is 417 g/mol. The van der Waals surface area contributed by atoms with Gasteiger partial charge in [0.15, 0.2) is 10.7 Å². The third-order valence-corrected chi connectivity index (χ3v) is 6.09. The number of nitro benzene ring substituents is 1. The van der Waals surface area contributed by atoms with E-state index in [0.29, 0.717) is 16.9 Å². The molecule has 5 nitrogen and oxygen atoms in total. The summed E-state index contributed by atoms with van der Waals surface area (Å²) < 4.78 is 39.0. The van der Waals surface area contributed by atoms with E-state index in [2.05, 4.69) is 6.26 Å². The largest absolute Gasteiger partial charge is 0.673 e. The van der Waals surface area contributed by atoms with E-state index in [-0.39, 0.29) is 22.4 Å². The number of Topliss-reactive ketones (excluding diaryl/α,β-unsaturated/α-hetero) is 1. The molecule has 0 bridgehead atoms. The molecule has 1 aliphatic rings. The predicted molar refractivity (Wildman–Crippen MR) is 98.9 cm³/mol. The lowest BCUT2D eigenvalue weighted by Gasteiger charge is -2.25. The van der Waals surface area contributed by atoms with E-state index >= 15 is 0 Å². The fourth-order valence-electron chi connectivity index (χ4n) is 2.87. The van der Waals surface area contributed by atoms with Gasteiger partial charge >= 0.3 is 7.25 Å². The molecule has 0 amide bonds. The summed E-state index contributed by atoms with van der Waals surface area (Å²) in [6.07, 6.45) is 1.12. The van der Waals surface area contributed by atoms with Crippen LogP contribution < -0.4 is 0 Å². The fourth-order valence-corrected chi connectivity index (χ4v) is 4.78. The Hall–Kier alpha value is -2.40. The number of aliphatic hydroxyl groups is 1. The molecule has 0 aliphatic carbocycles. The van der Waals surface area contributed by atoms with Crippen molar-refractivity contribution in [3.8, 4) is 0 Å². The van der Waals surface area contributed by atoms with Gasteiger partial charge in [0.1, 0.15) is 12.0 Å². The summed E-state index contributed by atoms with van der Waals surface area (Å²) in [5.74, 6) is 0.0188. The molecule has 0 saturated carbocycles. The van der Waals surface area contributed by atoms with E-state index in [1.54, 1.807) is 6.07 Å². The second-order valence-electron chi connectivity index (χ2n) is 6.06. The summed E-state index contributed by atoms with van der Waals surface area (Å²) in [5.41, 5.74) is 1.18. The van der Waals surface area contributed by atoms with E-state index < -0.39 is 24.2 Å². The number of benzene rings is 2. The predicted octanol–water partition coefficient (Wildman–Crippen LogP) is 4.05. The molecule has 2 aromatic carbocycles. The van der Waals surface area contributed by atoms with Gasteiger partial charge < -0.3 is 22.4 Å². The first kappa shape index (κ1) is 21.9. The highest BCUT2D eigenvalue weighted by Crippen LogP contribution is 2.35. The van der Waals surface area contributed by atoms with Gasteiger partial charge in [-0.3, -0.25) is 14.9 Å². The highest BCUT2D eigenvalue weighted by Gasteiger charge is 2.42. The number of carbonyl (C=O) groups excluding carboxylic acids is 1. The van der Waals surface area contributed by atoms with Gasteiger partial charge in [0.25, 0.3) is 5.69 Å². The van der Waals surface area contributed by atoms with Crippen LogP contribution in [-0.2, 0) is 10.9 Å². The van der Waals surface area contributed by atoms with Crippen LogP contribution in [0.25, 0.3) is 0 Å². The van der Waals surface area contributed by atoms with Crippen LogP contribution in [0.5, 0.6) is 0 Å². The molecular formula is C17H16BF4NO4S. The Kier molecular flexibility index (Phi) is 6.84. The number of hydrogen-bond donors (Lipinski definition) is 1. The van der Waals surface area contributed by atoms with Crippen molar-refractivity contribution < 1.29 is 32.1 Å². The highest BCUT2D eigenvalue weighted by molar-refractivity contribution is 7.96. The van der Waals surface area contributed by atoms with Gasteiger partial charge in [-0.25, -0.2) is 0 Å². The van der Waals surface area contributed by atoms with Crippen LogP contribution in [0.3, 0.4) is 0 Å². The molecule has 3 atom stereocenters. The number of nitro groups is 1. The van der Waals surface area contributed by atoms with Crippen molar-refractivity contribution >= 4 is 29.6 Å². The van der Waals surface area contributed by atoms with Crippen LogP contribution in [0.4, 0.5) is 23.0 Å². The average Bonchev–Trinajstić information content (AvgIpc) is 2.63. The minimum absolute atomic E-state index is 0.0310. The number of nitrogens with zero attached hydrogens (tertiary/aromatic N) is 1. The lowest BCUT2D eigenvalue weighted by atomic mass is 9.89. The molecular weight excluding hydrogens is 401 g/mol. The molecule has 1 heterocycles. The van der Waals surface area contributed by atoms with Crippen molar-refractivity contribution in [3.63, 3.8) is 0 Å². The maximum atomic E-state index is 12.7. The van der Waals surface area contributed by atoms with Gasteiger partial charge in [0.05, 0.1) is 22.5 Å². The summed E-state index contributed by atoms with van der Waals surface area (Å²) >= 11 is 0. The molecule has 0 radical (unpaired) electrons. The van der Waals surface area contributed by atoms with Crippen LogP contribution >= 0.6 is 0 Å². The van der Waals surface area contributed by atoms with Gasteiger partial charge in [-0.1, -0.05) is 12.1 Å². The Balaban J connectivity index is 0.000000500. The maximum Gasteiger partial charge on any atom is 0.673 e. The minimum atomic E-state index is -6.00. The molecule has 1 N–H and O–H groups in total. The summed E-state index contributed by atoms with van der Waals surface area (Å²) in [6.45, 7) is 0. The summed E-state index contributed by atoms with van der Waals surface area (Å²) in [4.78, 5) is 24.0. The third kappa shape index (κ3) is 5.55. The van der Waals surface area contributed by atoms with Gasteiger partial charge in [0, 0.05) is 23.0 Å². The van der Waals surface area contributed by atoms with Gasteiger partial charge in [0.2, 0.25) is 0 Å². The second kappa shape index (κ2) is 8.74. The van der Waals surface area contributed by atoms with Crippen LogP contribution in [0.15, 0.2) is 53.4 Å². The molecule has 3 rings (SSSR count). The number of ketones is 1. The summed E-state index contributed by atoms with van der Waals surface area (Å²) in [6, 6.07) is 13.3. The summed E-state index contributed by atoms with van der Waals surface area (Å²) in [7, 11) is -6.11. The quantitative estimate of drug-likeness (QED) is 0.269. The van der Waals surface area contributed by atoms with E-state index in [4.69, 9.17) is 0 Å². The summed E-state index contributed by atoms with van der Waals surface area (Å²) in [5, 5.41) is 21.3. The number of hydrogen-bond acceptors (Lipinski definition) is 4. The Bertz CT molecular complexity index is 857. The second-order valence-corrected chi connectivity index (χ2v) is 8.11. The Morgan fingerprint density at radius 1 is 1.14 bits per heavy atom. The number of aliphatic hydroxyl groups excluding tert-OH is 1. The molecule has 0 spiro atoms. The standard InChI is InChI=1S/C17H16NO4S.BF4/c1-23-10-14(17(20)13-4-2-3-5-15(13)23)16(19)11-6-8-12(9-7-11)18(21)22;2-1(3,4)5/h2-9,14,16,19H,10H2,1H3;/q+1;-1. The van der Waals surface area contributed by atoms with Crippen molar-refractivity contribution in [1.82, 2.24) is 0 Å². The highest BCUT2D eigenvalue weighted by atomic mass is 32.2. The Morgan fingerprint density at radius 3 is 2.21 bits per heavy atom. The molecule has 0 aromatic heterocycles. The van der Waals surface area contributed by atoms with Crippen molar-refractivity contribution in [1.29, 1.82) is 0 Å². The van der Waals surface area contributed by atoms with Gasteiger partial charge in [-0.2, -0.15) is 0 Å². The Labute approximate surface area is 161 Å². The zero-order valence-corrected chi connectivity index (χ0v) is 15.4. The smallest absolute Gasteiger partial charge is 0.418 e. The van der Waals surface area contributed by atoms with Gasteiger partial charge in [-0.05, 0) is 29.8 Å². The molecule has 0 saturated heterocycles. The van der Waals surface area contributed by atoms with E-state index in [1.807, 2.05) is 18.2 Å². The van der Waals surface area contributed by atoms with Crippen LogP contribution in [0.2, 0.25) is 0 Å². The van der Waals surface area contributed by atoms with Crippen LogP contribution in [0, 0.1) is 16.0 Å². The first-order valence-electron chi connectivity index (χ1n) is 8.04. The number of non-ortho nitro benzene ring substituents is 1. The molecule has 1 aliphatic heterocycles. The molecule has 28 heavy (non-hydrogen) atoms. The molecule has 150 valence electrons. The van der Waals surface area contributed by atoms with Crippen molar-refractivity contribution in [2.75, 3.05) is 12.0 Å². The maximum absolute atomic E-state index is 12.7. The minimum Gasteiger partial charge on any atom is -0.418 e. The fraction of sp³-hybridized carbons (Fsp3) is 0.235. The Morgan fingerprint density at radius 2 is 1.68 bits per heavy atom. The van der Waals surface area contributed by atoms with Crippen molar-refractivity contribution in [2.45, 2.75) is 11.0 Å². The van der Waals surface area contributed by atoms with Crippen molar-refractivity contribution in [2.24, 2.45) is 5.92 Å². The molecule has 0 fully saturated rings. The number of carbonyl (C=O) groups is 1.